The molecule has 0 unspecified atom stereocenters. The van der Waals surface area contributed by atoms with E-state index in [1.165, 1.54) is 24.2 Å². The van der Waals surface area contributed by atoms with Crippen LogP contribution in [0.3, 0.4) is 0 Å². The average molecular weight is 340 g/mol. The smallest absolute Gasteiger partial charge is 0.411 e. The van der Waals surface area contributed by atoms with Crippen LogP contribution in [0, 0.1) is 0 Å². The van der Waals surface area contributed by atoms with Crippen molar-refractivity contribution in [1.29, 1.82) is 0 Å². The number of nitrogens with zero attached hydrogens (tertiary/aromatic N) is 1. The Balaban J connectivity index is 1.96. The summed E-state index contributed by atoms with van der Waals surface area (Å²) in [6, 6.07) is -0.462. The largest absolute Gasteiger partial charge is 0.444 e. The summed E-state index contributed by atoms with van der Waals surface area (Å²) in [5.41, 5.74) is -0.620. The molecule has 2 N–H and O–H groups in total. The summed E-state index contributed by atoms with van der Waals surface area (Å²) in [6.45, 7) is 5.53. The predicted octanol–water partition coefficient (Wildman–Crippen LogP) is 2.59. The molecule has 0 aromatic heterocycles. The van der Waals surface area contributed by atoms with E-state index in [0.29, 0.717) is 0 Å². The molecule has 1 saturated heterocycles. The van der Waals surface area contributed by atoms with Gasteiger partial charge in [0.25, 0.3) is 0 Å². The highest BCUT2D eigenvalue weighted by Crippen LogP contribution is 2.23. The minimum absolute atomic E-state index is 0.150. The summed E-state index contributed by atoms with van der Waals surface area (Å²) in [5, 5.41) is 13.0. The first kappa shape index (κ1) is 19.0. The predicted molar refractivity (Wildman–Crippen MR) is 91.6 cm³/mol. The molecule has 2 fully saturated rings. The number of amides is 2. The number of carbonyl (C=O) groups excluding carboxylic acids is 2. The van der Waals surface area contributed by atoms with E-state index < -0.39 is 23.8 Å². The molecule has 2 rings (SSSR count). The maximum atomic E-state index is 12.7. The number of rotatable bonds is 2. The molecule has 24 heavy (non-hydrogen) atoms. The Hall–Kier alpha value is -1.30. The molecule has 6 heteroatoms. The number of ether oxygens (including phenoxy) is 1. The summed E-state index contributed by atoms with van der Waals surface area (Å²) in [6.07, 6.45) is 7.04. The van der Waals surface area contributed by atoms with E-state index in [4.69, 9.17) is 4.74 Å². The van der Waals surface area contributed by atoms with Crippen molar-refractivity contribution >= 4 is 12.0 Å². The second-order valence-corrected chi connectivity index (χ2v) is 8.09. The van der Waals surface area contributed by atoms with Crippen LogP contribution in [-0.4, -0.2) is 52.3 Å². The molecule has 138 valence electrons. The maximum absolute atomic E-state index is 12.7. The zero-order valence-electron chi connectivity index (χ0n) is 15.2. The number of nitrogens with one attached hydrogen (secondary N) is 1. The summed E-state index contributed by atoms with van der Waals surface area (Å²) in [4.78, 5) is 26.4. The average Bonchev–Trinajstić information content (AvgIpc) is 2.82. The van der Waals surface area contributed by atoms with Gasteiger partial charge < -0.3 is 15.2 Å². The van der Waals surface area contributed by atoms with Gasteiger partial charge in [0.15, 0.2) is 0 Å². The monoisotopic (exact) mass is 340 g/mol. The van der Waals surface area contributed by atoms with Gasteiger partial charge in [0.1, 0.15) is 11.6 Å². The quantitative estimate of drug-likeness (QED) is 0.810. The Labute approximate surface area is 144 Å². The van der Waals surface area contributed by atoms with E-state index in [9.17, 15) is 14.7 Å². The molecule has 1 heterocycles. The first-order valence-corrected chi connectivity index (χ1v) is 9.24. The minimum atomic E-state index is -0.675. The highest BCUT2D eigenvalue weighted by molar-refractivity contribution is 5.86. The van der Waals surface area contributed by atoms with Gasteiger partial charge >= 0.3 is 6.09 Å². The van der Waals surface area contributed by atoms with Gasteiger partial charge in [0, 0.05) is 12.5 Å². The van der Waals surface area contributed by atoms with Crippen molar-refractivity contribution in [3.05, 3.63) is 0 Å². The number of hydrogen-bond donors (Lipinski definition) is 2. The number of likely N-dealkylation sites (tertiary alicyclic amines) is 1. The van der Waals surface area contributed by atoms with Crippen molar-refractivity contribution in [1.82, 2.24) is 10.2 Å². The highest BCUT2D eigenvalue weighted by atomic mass is 16.6. The fourth-order valence-electron chi connectivity index (χ4n) is 3.48. The Morgan fingerprint density at radius 3 is 2.25 bits per heavy atom. The SMILES string of the molecule is CC(C)(C)OC(=O)N1C[C@@H](O)C[C@@H]1C(=O)NC1CCCCCCC1. The van der Waals surface area contributed by atoms with Crippen molar-refractivity contribution in [2.45, 2.75) is 95.9 Å². The van der Waals surface area contributed by atoms with E-state index in [1.807, 2.05) is 0 Å². The minimum Gasteiger partial charge on any atom is -0.444 e. The van der Waals surface area contributed by atoms with Gasteiger partial charge in [0.2, 0.25) is 5.91 Å². The molecular weight excluding hydrogens is 308 g/mol. The summed E-state index contributed by atoms with van der Waals surface area (Å²) in [7, 11) is 0. The van der Waals surface area contributed by atoms with Crippen LogP contribution in [0.4, 0.5) is 4.79 Å². The van der Waals surface area contributed by atoms with Crippen LogP contribution in [0.2, 0.25) is 0 Å². The van der Waals surface area contributed by atoms with E-state index in [2.05, 4.69) is 5.32 Å². The molecule has 0 radical (unpaired) electrons. The van der Waals surface area contributed by atoms with Crippen molar-refractivity contribution in [3.63, 3.8) is 0 Å². The number of hydrogen-bond acceptors (Lipinski definition) is 4. The molecule has 0 bridgehead atoms. The maximum Gasteiger partial charge on any atom is 0.411 e. The van der Waals surface area contributed by atoms with E-state index in [0.717, 1.165) is 25.7 Å². The first-order chi connectivity index (χ1) is 11.3. The highest BCUT2D eigenvalue weighted by Gasteiger charge is 2.41. The Kier molecular flexibility index (Phi) is 6.49. The van der Waals surface area contributed by atoms with Gasteiger partial charge in [-0.2, -0.15) is 0 Å². The zero-order valence-corrected chi connectivity index (χ0v) is 15.2. The number of carbonyl (C=O) groups is 2. The first-order valence-electron chi connectivity index (χ1n) is 9.24. The molecule has 6 nitrogen and oxygen atoms in total. The third-order valence-electron chi connectivity index (χ3n) is 4.66. The van der Waals surface area contributed by atoms with E-state index in [1.54, 1.807) is 20.8 Å². The Bertz CT molecular complexity index is 439. The normalized spacial score (nSPS) is 26.6. The number of aliphatic hydroxyl groups is 1. The topological polar surface area (TPSA) is 78.9 Å². The van der Waals surface area contributed by atoms with E-state index >= 15 is 0 Å². The molecule has 1 aliphatic heterocycles. The molecule has 2 aliphatic rings. The summed E-state index contributed by atoms with van der Waals surface area (Å²) < 4.78 is 5.37. The van der Waals surface area contributed by atoms with Crippen LogP contribution in [0.5, 0.6) is 0 Å². The van der Waals surface area contributed by atoms with Gasteiger partial charge in [-0.3, -0.25) is 9.69 Å². The lowest BCUT2D eigenvalue weighted by molar-refractivity contribution is -0.126. The summed E-state index contributed by atoms with van der Waals surface area (Å²) in [5.74, 6) is -0.164. The molecule has 2 amide bonds. The van der Waals surface area contributed by atoms with Crippen molar-refractivity contribution in [2.75, 3.05) is 6.54 Å². The van der Waals surface area contributed by atoms with Crippen molar-refractivity contribution < 1.29 is 19.4 Å². The van der Waals surface area contributed by atoms with Crippen LogP contribution >= 0.6 is 0 Å². The molecule has 0 aromatic carbocycles. The molecule has 1 saturated carbocycles. The lowest BCUT2D eigenvalue weighted by atomic mass is 9.96. The second kappa shape index (κ2) is 8.19. The van der Waals surface area contributed by atoms with Crippen LogP contribution < -0.4 is 5.32 Å². The van der Waals surface area contributed by atoms with Crippen LogP contribution in [-0.2, 0) is 9.53 Å². The van der Waals surface area contributed by atoms with Gasteiger partial charge in [-0.25, -0.2) is 4.79 Å². The number of aliphatic hydroxyl groups excluding tert-OH is 1. The molecule has 0 spiro atoms. The molecular formula is C18H32N2O4. The van der Waals surface area contributed by atoms with E-state index in [-0.39, 0.29) is 24.9 Å². The fraction of sp³-hybridized carbons (Fsp3) is 0.889. The third kappa shape index (κ3) is 5.65. The second-order valence-electron chi connectivity index (χ2n) is 8.09. The van der Waals surface area contributed by atoms with Gasteiger partial charge in [-0.1, -0.05) is 32.1 Å². The van der Waals surface area contributed by atoms with Crippen molar-refractivity contribution in [3.8, 4) is 0 Å². The molecule has 1 aliphatic carbocycles. The van der Waals surface area contributed by atoms with Gasteiger partial charge in [-0.05, 0) is 33.6 Å². The van der Waals surface area contributed by atoms with Crippen LogP contribution in [0.25, 0.3) is 0 Å². The zero-order chi connectivity index (χ0) is 17.7. The van der Waals surface area contributed by atoms with Crippen LogP contribution in [0.15, 0.2) is 0 Å². The Morgan fingerprint density at radius 1 is 1.08 bits per heavy atom. The Morgan fingerprint density at radius 2 is 1.67 bits per heavy atom. The lowest BCUT2D eigenvalue weighted by Gasteiger charge is -2.29. The number of β-amino-alcohol motifs (C(OH)–C–C–N with tert-alkyl or cyclic N) is 1. The molecule has 0 aromatic rings. The fourth-order valence-corrected chi connectivity index (χ4v) is 3.48. The van der Waals surface area contributed by atoms with Crippen LogP contribution in [0.1, 0.15) is 72.1 Å². The van der Waals surface area contributed by atoms with Crippen molar-refractivity contribution in [2.24, 2.45) is 0 Å². The van der Waals surface area contributed by atoms with Gasteiger partial charge in [-0.15, -0.1) is 0 Å². The standard InChI is InChI=1S/C18H32N2O4/c1-18(2,3)24-17(23)20-12-14(21)11-15(20)16(22)19-13-9-7-5-4-6-8-10-13/h13-15,21H,4-12H2,1-3H3,(H,19,22)/t14-,15+/m0/s1. The third-order valence-corrected chi connectivity index (χ3v) is 4.66. The lowest BCUT2D eigenvalue weighted by Crippen LogP contribution is -2.50. The van der Waals surface area contributed by atoms with Gasteiger partial charge in [0.05, 0.1) is 12.6 Å². The molecule has 2 atom stereocenters. The summed E-state index contributed by atoms with van der Waals surface area (Å²) >= 11 is 0.